The first-order chi connectivity index (χ1) is 14.5. The van der Waals surface area contributed by atoms with Gasteiger partial charge in [-0.3, -0.25) is 24.0 Å². The first-order valence-electron chi connectivity index (χ1n) is 8.91. The number of anilines is 1. The van der Waals surface area contributed by atoms with Crippen LogP contribution in [-0.2, 0) is 22.6 Å². The van der Waals surface area contributed by atoms with Crippen molar-refractivity contribution in [3.8, 4) is 5.75 Å². The van der Waals surface area contributed by atoms with Crippen LogP contribution in [0.15, 0.2) is 54.6 Å². The summed E-state index contributed by atoms with van der Waals surface area (Å²) in [7, 11) is 0. The van der Waals surface area contributed by atoms with Crippen LogP contribution in [0.1, 0.15) is 15.9 Å². The number of ether oxygens (including phenoxy) is 1. The van der Waals surface area contributed by atoms with E-state index in [9.17, 15) is 13.8 Å². The SMILES string of the molecule is NNC(=O)c1ccc2c(F)c(N3CC(=O)NS3=O)c(OCc3ccccc3)cc2c1. The highest BCUT2D eigenvalue weighted by atomic mass is 32.2. The zero-order valence-corrected chi connectivity index (χ0v) is 16.4. The van der Waals surface area contributed by atoms with Gasteiger partial charge < -0.3 is 4.74 Å². The average molecular weight is 428 g/mol. The molecular formula is C20H17FN4O4S. The molecule has 3 aromatic carbocycles. The number of nitrogens with one attached hydrogen (secondary N) is 2. The zero-order valence-electron chi connectivity index (χ0n) is 15.6. The first kappa shape index (κ1) is 19.8. The maximum Gasteiger partial charge on any atom is 0.265 e. The van der Waals surface area contributed by atoms with Crippen LogP contribution in [0.3, 0.4) is 0 Å². The molecule has 1 saturated heterocycles. The van der Waals surface area contributed by atoms with Crippen molar-refractivity contribution >= 4 is 39.4 Å². The Morgan fingerprint density at radius 3 is 2.67 bits per heavy atom. The third-order valence-electron chi connectivity index (χ3n) is 4.58. The topological polar surface area (TPSA) is 114 Å². The van der Waals surface area contributed by atoms with Gasteiger partial charge in [-0.25, -0.2) is 14.4 Å². The predicted octanol–water partition coefficient (Wildman–Crippen LogP) is 1.68. The fraction of sp³-hybridized carbons (Fsp3) is 0.100. The highest BCUT2D eigenvalue weighted by Crippen LogP contribution is 2.39. The van der Waals surface area contributed by atoms with Crippen LogP contribution in [0.2, 0.25) is 0 Å². The van der Waals surface area contributed by atoms with Gasteiger partial charge in [0, 0.05) is 10.9 Å². The largest absolute Gasteiger partial charge is 0.487 e. The quantitative estimate of drug-likeness (QED) is 0.325. The van der Waals surface area contributed by atoms with Crippen molar-refractivity contribution < 1.29 is 22.9 Å². The second-order valence-electron chi connectivity index (χ2n) is 6.53. The van der Waals surface area contributed by atoms with E-state index >= 15 is 4.39 Å². The monoisotopic (exact) mass is 428 g/mol. The van der Waals surface area contributed by atoms with Gasteiger partial charge in [0.1, 0.15) is 24.6 Å². The lowest BCUT2D eigenvalue weighted by molar-refractivity contribution is -0.117. The van der Waals surface area contributed by atoms with Gasteiger partial charge >= 0.3 is 0 Å². The fourth-order valence-electron chi connectivity index (χ4n) is 3.17. The van der Waals surface area contributed by atoms with Crippen molar-refractivity contribution in [2.45, 2.75) is 6.61 Å². The highest BCUT2D eigenvalue weighted by Gasteiger charge is 2.32. The number of carbonyl (C=O) groups excluding carboxylic acids is 2. The maximum atomic E-state index is 15.5. The third-order valence-corrected chi connectivity index (χ3v) is 5.70. The number of nitrogens with zero attached hydrogens (tertiary/aromatic N) is 1. The summed E-state index contributed by atoms with van der Waals surface area (Å²) in [6.07, 6.45) is 0. The van der Waals surface area contributed by atoms with Crippen molar-refractivity contribution in [3.05, 3.63) is 71.5 Å². The summed E-state index contributed by atoms with van der Waals surface area (Å²) >= 11 is -1.93. The number of benzene rings is 3. The molecular weight excluding hydrogens is 411 g/mol. The Bertz CT molecular complexity index is 1170. The molecule has 1 atom stereocenters. The average Bonchev–Trinajstić information content (AvgIpc) is 3.09. The lowest BCUT2D eigenvalue weighted by Crippen LogP contribution is -2.29. The maximum absolute atomic E-state index is 15.5. The van der Waals surface area contributed by atoms with Crippen LogP contribution in [0, 0.1) is 5.82 Å². The van der Waals surface area contributed by atoms with E-state index in [1.165, 1.54) is 18.2 Å². The molecule has 10 heteroatoms. The van der Waals surface area contributed by atoms with E-state index in [1.807, 2.05) is 35.8 Å². The summed E-state index contributed by atoms with van der Waals surface area (Å²) in [5.74, 6) is 3.55. The summed E-state index contributed by atoms with van der Waals surface area (Å²) < 4.78 is 37.0. The van der Waals surface area contributed by atoms with Gasteiger partial charge in [-0.2, -0.15) is 0 Å². The van der Waals surface area contributed by atoms with Crippen LogP contribution in [0.5, 0.6) is 5.75 Å². The molecule has 30 heavy (non-hydrogen) atoms. The number of amides is 2. The number of fused-ring (bicyclic) bond motifs is 1. The van der Waals surface area contributed by atoms with E-state index in [0.717, 1.165) is 9.87 Å². The Kier molecular flexibility index (Phi) is 5.34. The fourth-order valence-corrected chi connectivity index (χ4v) is 4.11. The normalized spacial score (nSPS) is 15.9. The third kappa shape index (κ3) is 3.70. The predicted molar refractivity (Wildman–Crippen MR) is 110 cm³/mol. The Morgan fingerprint density at radius 1 is 1.23 bits per heavy atom. The van der Waals surface area contributed by atoms with Gasteiger partial charge in [-0.1, -0.05) is 36.4 Å². The smallest absolute Gasteiger partial charge is 0.265 e. The van der Waals surface area contributed by atoms with Crippen LogP contribution < -0.4 is 25.0 Å². The van der Waals surface area contributed by atoms with Crippen LogP contribution in [0.25, 0.3) is 10.8 Å². The number of halogens is 1. The van der Waals surface area contributed by atoms with E-state index in [0.29, 0.717) is 5.39 Å². The molecule has 2 amide bonds. The summed E-state index contributed by atoms with van der Waals surface area (Å²) in [5, 5.41) is 0.576. The number of nitrogen functional groups attached to an aromatic ring is 1. The van der Waals surface area contributed by atoms with E-state index in [1.54, 1.807) is 6.07 Å². The lowest BCUT2D eigenvalue weighted by atomic mass is 10.0. The summed E-state index contributed by atoms with van der Waals surface area (Å²) in [5.41, 5.74) is 3.03. The molecule has 3 aromatic rings. The van der Waals surface area contributed by atoms with Gasteiger partial charge in [0.25, 0.3) is 11.8 Å². The number of hydrogen-bond acceptors (Lipinski definition) is 5. The minimum absolute atomic E-state index is 0.0915. The van der Waals surface area contributed by atoms with Crippen molar-refractivity contribution in [2.24, 2.45) is 5.84 Å². The summed E-state index contributed by atoms with van der Waals surface area (Å²) in [6, 6.07) is 15.1. The number of carbonyl (C=O) groups is 2. The summed E-state index contributed by atoms with van der Waals surface area (Å²) in [4.78, 5) is 23.5. The van der Waals surface area contributed by atoms with Gasteiger partial charge in [-0.05, 0) is 29.1 Å². The van der Waals surface area contributed by atoms with E-state index < -0.39 is 28.8 Å². The Hall–Kier alpha value is -3.50. The van der Waals surface area contributed by atoms with Crippen molar-refractivity contribution in [1.29, 1.82) is 0 Å². The Morgan fingerprint density at radius 2 is 2.00 bits per heavy atom. The number of hydrazine groups is 1. The van der Waals surface area contributed by atoms with Gasteiger partial charge in [0.05, 0.1) is 0 Å². The van der Waals surface area contributed by atoms with Crippen molar-refractivity contribution in [3.63, 3.8) is 0 Å². The molecule has 1 unspecified atom stereocenters. The van der Waals surface area contributed by atoms with E-state index in [2.05, 4.69) is 4.72 Å². The summed E-state index contributed by atoms with van der Waals surface area (Å²) in [6.45, 7) is -0.145. The van der Waals surface area contributed by atoms with Gasteiger partial charge in [-0.15, -0.1) is 0 Å². The minimum Gasteiger partial charge on any atom is -0.487 e. The molecule has 1 aliphatic heterocycles. The van der Waals surface area contributed by atoms with Crippen LogP contribution in [-0.4, -0.2) is 22.6 Å². The van der Waals surface area contributed by atoms with Crippen LogP contribution in [0.4, 0.5) is 10.1 Å². The molecule has 0 spiro atoms. The number of nitrogens with two attached hydrogens (primary N) is 1. The molecule has 4 rings (SSSR count). The molecule has 0 bridgehead atoms. The minimum atomic E-state index is -1.93. The molecule has 0 aliphatic carbocycles. The molecule has 0 radical (unpaired) electrons. The molecule has 1 aliphatic rings. The molecule has 0 saturated carbocycles. The van der Waals surface area contributed by atoms with Gasteiger partial charge in [0.15, 0.2) is 5.82 Å². The van der Waals surface area contributed by atoms with E-state index in [4.69, 9.17) is 10.6 Å². The highest BCUT2D eigenvalue weighted by molar-refractivity contribution is 7.85. The number of rotatable bonds is 5. The second kappa shape index (κ2) is 8.09. The Balaban J connectivity index is 1.83. The molecule has 4 N–H and O–H groups in total. The molecule has 8 nitrogen and oxygen atoms in total. The molecule has 154 valence electrons. The molecule has 1 heterocycles. The van der Waals surface area contributed by atoms with E-state index in [-0.39, 0.29) is 35.5 Å². The second-order valence-corrected chi connectivity index (χ2v) is 7.68. The lowest BCUT2D eigenvalue weighted by Gasteiger charge is -2.20. The molecule has 0 aromatic heterocycles. The number of hydrogen-bond donors (Lipinski definition) is 3. The van der Waals surface area contributed by atoms with Gasteiger partial charge in [0.2, 0.25) is 11.2 Å². The molecule has 1 fully saturated rings. The Labute approximate surface area is 173 Å². The van der Waals surface area contributed by atoms with Crippen molar-refractivity contribution in [1.82, 2.24) is 10.1 Å². The van der Waals surface area contributed by atoms with Crippen LogP contribution >= 0.6 is 0 Å². The van der Waals surface area contributed by atoms with Crippen molar-refractivity contribution in [2.75, 3.05) is 10.8 Å². The first-order valence-corrected chi connectivity index (χ1v) is 10.0. The zero-order chi connectivity index (χ0) is 21.3. The standard InChI is InChI=1S/C20H17FN4O4S/c21-18-15-7-6-13(20(27)23-22)8-14(15)9-16(29-11-12-4-2-1-3-5-12)19(18)25-10-17(26)24-30(25)28/h1-9H,10-11,22H2,(H,23,27)(H,24,26).